The number of methoxy groups -OCH3 is 1. The summed E-state index contributed by atoms with van der Waals surface area (Å²) in [6.07, 6.45) is 0. The van der Waals surface area contributed by atoms with E-state index in [9.17, 15) is 4.79 Å². The first-order valence-electron chi connectivity index (χ1n) is 9.53. The van der Waals surface area contributed by atoms with Crippen molar-refractivity contribution in [1.29, 1.82) is 0 Å². The summed E-state index contributed by atoms with van der Waals surface area (Å²) in [6.45, 7) is 2.43. The van der Waals surface area contributed by atoms with Gasteiger partial charge in [-0.1, -0.05) is 48.5 Å². The number of benzene rings is 3. The Bertz CT molecular complexity index is 1150. The number of nitrogens with one attached hydrogen (secondary N) is 1. The van der Waals surface area contributed by atoms with Crippen molar-refractivity contribution >= 4 is 16.8 Å². The van der Waals surface area contributed by atoms with Crippen LogP contribution in [0, 0.1) is 6.92 Å². The van der Waals surface area contributed by atoms with E-state index in [4.69, 9.17) is 9.72 Å². The number of carbonyl (C=O) groups excluding carboxylic acids is 1. The Morgan fingerprint density at radius 3 is 2.34 bits per heavy atom. The number of carbonyl (C=O) groups is 1. The highest BCUT2D eigenvalue weighted by molar-refractivity contribution is 6.08. The lowest BCUT2D eigenvalue weighted by molar-refractivity contribution is 0.0952. The topological polar surface area (TPSA) is 51.2 Å². The second-order valence-corrected chi connectivity index (χ2v) is 6.87. The minimum absolute atomic E-state index is 0.0975. The lowest BCUT2D eigenvalue weighted by atomic mass is 9.97. The number of pyridine rings is 1. The number of nitrogens with zero attached hydrogens (tertiary/aromatic N) is 1. The van der Waals surface area contributed by atoms with Gasteiger partial charge in [0.05, 0.1) is 23.9 Å². The van der Waals surface area contributed by atoms with Crippen LogP contribution >= 0.6 is 0 Å². The minimum Gasteiger partial charge on any atom is -0.497 e. The van der Waals surface area contributed by atoms with E-state index in [-0.39, 0.29) is 5.91 Å². The van der Waals surface area contributed by atoms with E-state index in [1.54, 1.807) is 7.11 Å². The van der Waals surface area contributed by atoms with Crippen molar-refractivity contribution in [2.75, 3.05) is 7.11 Å². The number of aromatic nitrogens is 1. The standard InChI is InChI=1S/C25H22N2O2/c1-17-23(25(28)26-16-18-8-4-3-5-9-18)21-10-6-7-11-22(21)27-24(17)19-12-14-20(29-2)15-13-19/h3-15H,16H2,1-2H3,(H,26,28). The summed E-state index contributed by atoms with van der Waals surface area (Å²) in [7, 11) is 1.64. The van der Waals surface area contributed by atoms with Gasteiger partial charge < -0.3 is 10.1 Å². The molecule has 1 N–H and O–H groups in total. The molecule has 0 spiro atoms. The van der Waals surface area contributed by atoms with Gasteiger partial charge in [-0.2, -0.15) is 0 Å². The van der Waals surface area contributed by atoms with Gasteiger partial charge in [0.25, 0.3) is 5.91 Å². The Morgan fingerprint density at radius 1 is 0.931 bits per heavy atom. The van der Waals surface area contributed by atoms with Gasteiger partial charge in [-0.05, 0) is 48.4 Å². The molecule has 3 aromatic carbocycles. The number of rotatable bonds is 5. The smallest absolute Gasteiger partial charge is 0.252 e. The molecular weight excluding hydrogens is 360 g/mol. The van der Waals surface area contributed by atoms with Crippen molar-refractivity contribution in [1.82, 2.24) is 10.3 Å². The summed E-state index contributed by atoms with van der Waals surface area (Å²) in [5.41, 5.74) is 5.14. The van der Waals surface area contributed by atoms with Gasteiger partial charge in [0.1, 0.15) is 5.75 Å². The van der Waals surface area contributed by atoms with Crippen molar-refractivity contribution in [3.63, 3.8) is 0 Å². The first-order valence-corrected chi connectivity index (χ1v) is 9.53. The lowest BCUT2D eigenvalue weighted by Gasteiger charge is -2.15. The Morgan fingerprint density at radius 2 is 1.62 bits per heavy atom. The first kappa shape index (κ1) is 18.7. The van der Waals surface area contributed by atoms with Crippen LogP contribution in [0.4, 0.5) is 0 Å². The summed E-state index contributed by atoms with van der Waals surface area (Å²) < 4.78 is 5.26. The van der Waals surface area contributed by atoms with Crippen LogP contribution in [0.1, 0.15) is 21.5 Å². The molecule has 0 saturated heterocycles. The fourth-order valence-electron chi connectivity index (χ4n) is 3.50. The maximum atomic E-state index is 13.2. The summed E-state index contributed by atoms with van der Waals surface area (Å²) in [5, 5.41) is 3.91. The maximum Gasteiger partial charge on any atom is 0.252 e. The van der Waals surface area contributed by atoms with Crippen LogP contribution in [-0.4, -0.2) is 18.0 Å². The predicted octanol–water partition coefficient (Wildman–Crippen LogP) is 5.15. The summed E-state index contributed by atoms with van der Waals surface area (Å²) >= 11 is 0. The Kier molecular flexibility index (Phi) is 5.25. The van der Waals surface area contributed by atoms with Gasteiger partial charge in [0, 0.05) is 17.5 Å². The zero-order valence-electron chi connectivity index (χ0n) is 16.5. The molecule has 0 radical (unpaired) electrons. The average Bonchev–Trinajstić information content (AvgIpc) is 2.78. The van der Waals surface area contributed by atoms with Crippen molar-refractivity contribution in [3.8, 4) is 17.0 Å². The molecule has 4 aromatic rings. The molecule has 4 heteroatoms. The van der Waals surface area contributed by atoms with Crippen molar-refractivity contribution in [2.45, 2.75) is 13.5 Å². The molecule has 0 aliphatic carbocycles. The molecule has 0 saturated carbocycles. The van der Waals surface area contributed by atoms with Crippen LogP contribution in [0.25, 0.3) is 22.2 Å². The number of amides is 1. The fourth-order valence-corrected chi connectivity index (χ4v) is 3.50. The Balaban J connectivity index is 1.77. The van der Waals surface area contributed by atoms with E-state index in [0.29, 0.717) is 12.1 Å². The van der Waals surface area contributed by atoms with Gasteiger partial charge in [0.15, 0.2) is 0 Å². The Labute approximate surface area is 170 Å². The highest BCUT2D eigenvalue weighted by Crippen LogP contribution is 2.30. The molecule has 4 rings (SSSR count). The van der Waals surface area contributed by atoms with Crippen LogP contribution < -0.4 is 10.1 Å². The third-order valence-corrected chi connectivity index (χ3v) is 5.02. The monoisotopic (exact) mass is 382 g/mol. The molecule has 0 fully saturated rings. The van der Waals surface area contributed by atoms with E-state index in [1.807, 2.05) is 85.8 Å². The molecule has 144 valence electrons. The molecule has 0 atom stereocenters. The molecular formula is C25H22N2O2. The number of para-hydroxylation sites is 1. The summed E-state index contributed by atoms with van der Waals surface area (Å²) in [6, 6.07) is 25.4. The SMILES string of the molecule is COc1ccc(-c2nc3ccccc3c(C(=O)NCc3ccccc3)c2C)cc1. The average molecular weight is 382 g/mol. The van der Waals surface area contributed by atoms with Gasteiger partial charge in [-0.15, -0.1) is 0 Å². The van der Waals surface area contributed by atoms with Gasteiger partial charge in [-0.3, -0.25) is 4.79 Å². The molecule has 1 heterocycles. The van der Waals surface area contributed by atoms with Crippen molar-refractivity contribution in [3.05, 3.63) is 95.6 Å². The Hall–Kier alpha value is -3.66. The van der Waals surface area contributed by atoms with Crippen LogP contribution in [0.5, 0.6) is 5.75 Å². The summed E-state index contributed by atoms with van der Waals surface area (Å²) in [5.74, 6) is 0.688. The highest BCUT2D eigenvalue weighted by atomic mass is 16.5. The lowest BCUT2D eigenvalue weighted by Crippen LogP contribution is -2.24. The van der Waals surface area contributed by atoms with E-state index < -0.39 is 0 Å². The first-order chi connectivity index (χ1) is 14.2. The van der Waals surface area contributed by atoms with E-state index in [2.05, 4.69) is 5.32 Å². The molecule has 0 bridgehead atoms. The van der Waals surface area contributed by atoms with Crippen LogP contribution in [-0.2, 0) is 6.54 Å². The maximum absolute atomic E-state index is 13.2. The number of hydrogen-bond donors (Lipinski definition) is 1. The molecule has 1 aromatic heterocycles. The van der Waals surface area contributed by atoms with Gasteiger partial charge in [0.2, 0.25) is 0 Å². The van der Waals surface area contributed by atoms with E-state index in [1.165, 1.54) is 0 Å². The molecule has 0 aliphatic heterocycles. The molecule has 0 unspecified atom stereocenters. The second-order valence-electron chi connectivity index (χ2n) is 6.87. The summed E-state index contributed by atoms with van der Waals surface area (Å²) in [4.78, 5) is 18.0. The van der Waals surface area contributed by atoms with Gasteiger partial charge in [-0.25, -0.2) is 4.98 Å². The van der Waals surface area contributed by atoms with Crippen LogP contribution in [0.3, 0.4) is 0 Å². The number of hydrogen-bond acceptors (Lipinski definition) is 3. The largest absolute Gasteiger partial charge is 0.497 e. The zero-order chi connectivity index (χ0) is 20.2. The van der Waals surface area contributed by atoms with Gasteiger partial charge >= 0.3 is 0 Å². The molecule has 0 aliphatic rings. The predicted molar refractivity (Wildman–Crippen MR) is 116 cm³/mol. The van der Waals surface area contributed by atoms with Crippen molar-refractivity contribution < 1.29 is 9.53 Å². The van der Waals surface area contributed by atoms with Crippen molar-refractivity contribution in [2.24, 2.45) is 0 Å². The number of fused-ring (bicyclic) bond motifs is 1. The van der Waals surface area contributed by atoms with Crippen LogP contribution in [0.2, 0.25) is 0 Å². The third kappa shape index (κ3) is 3.83. The zero-order valence-corrected chi connectivity index (χ0v) is 16.5. The highest BCUT2D eigenvalue weighted by Gasteiger charge is 2.18. The second kappa shape index (κ2) is 8.15. The molecule has 1 amide bonds. The normalized spacial score (nSPS) is 10.7. The number of ether oxygens (including phenoxy) is 1. The molecule has 4 nitrogen and oxygen atoms in total. The minimum atomic E-state index is -0.0975. The van der Waals surface area contributed by atoms with Crippen LogP contribution in [0.15, 0.2) is 78.9 Å². The quantitative estimate of drug-likeness (QED) is 0.519. The van der Waals surface area contributed by atoms with E-state index in [0.717, 1.165) is 39.0 Å². The fraction of sp³-hybridized carbons (Fsp3) is 0.120. The molecule has 29 heavy (non-hydrogen) atoms. The third-order valence-electron chi connectivity index (χ3n) is 5.02. The van der Waals surface area contributed by atoms with E-state index >= 15 is 0 Å².